The molecule has 1 aromatic carbocycles. The van der Waals surface area contributed by atoms with Crippen molar-refractivity contribution in [2.45, 2.75) is 44.6 Å². The maximum absolute atomic E-state index is 12.4. The maximum atomic E-state index is 12.4. The summed E-state index contributed by atoms with van der Waals surface area (Å²) in [6.07, 6.45) is 4.65. The lowest BCUT2D eigenvalue weighted by atomic mass is 10.1. The van der Waals surface area contributed by atoms with Gasteiger partial charge in [0.25, 0.3) is 0 Å². The number of anilines is 1. The van der Waals surface area contributed by atoms with E-state index in [1.54, 1.807) is 24.3 Å². The SMILES string of the molecule is O=C(O)Cc1ccc(NC(=O)C2CC(=O)N(C3CCCC3)C2)cc1. The lowest BCUT2D eigenvalue weighted by Gasteiger charge is -2.23. The number of aliphatic carboxylic acids is 1. The van der Waals surface area contributed by atoms with Crippen molar-refractivity contribution in [2.24, 2.45) is 5.92 Å². The van der Waals surface area contributed by atoms with E-state index in [2.05, 4.69) is 5.32 Å². The normalized spacial score (nSPS) is 21.2. The van der Waals surface area contributed by atoms with Crippen LogP contribution in [-0.2, 0) is 20.8 Å². The minimum absolute atomic E-state index is 0.0400. The number of likely N-dealkylation sites (tertiary alicyclic amines) is 1. The predicted octanol–water partition coefficient (Wildman–Crippen LogP) is 2.04. The first-order chi connectivity index (χ1) is 11.5. The molecule has 1 saturated carbocycles. The Labute approximate surface area is 140 Å². The van der Waals surface area contributed by atoms with Crippen LogP contribution in [0.1, 0.15) is 37.7 Å². The number of amides is 2. The van der Waals surface area contributed by atoms with Gasteiger partial charge in [-0.05, 0) is 30.5 Å². The number of carbonyl (C=O) groups excluding carboxylic acids is 2. The van der Waals surface area contributed by atoms with Crippen molar-refractivity contribution in [2.75, 3.05) is 11.9 Å². The molecule has 6 heteroatoms. The van der Waals surface area contributed by atoms with Crippen molar-refractivity contribution >= 4 is 23.5 Å². The van der Waals surface area contributed by atoms with Gasteiger partial charge in [-0.1, -0.05) is 25.0 Å². The van der Waals surface area contributed by atoms with Crippen molar-refractivity contribution in [1.29, 1.82) is 0 Å². The van der Waals surface area contributed by atoms with Crippen molar-refractivity contribution in [3.63, 3.8) is 0 Å². The molecule has 2 N–H and O–H groups in total. The van der Waals surface area contributed by atoms with Crippen LogP contribution in [0.2, 0.25) is 0 Å². The molecule has 0 bridgehead atoms. The van der Waals surface area contributed by atoms with Gasteiger partial charge in [0.15, 0.2) is 0 Å². The minimum atomic E-state index is -0.886. The smallest absolute Gasteiger partial charge is 0.307 e. The molecule has 3 rings (SSSR count). The zero-order valence-electron chi connectivity index (χ0n) is 13.5. The highest BCUT2D eigenvalue weighted by molar-refractivity contribution is 5.97. The average molecular weight is 330 g/mol. The van der Waals surface area contributed by atoms with Crippen LogP contribution in [0.25, 0.3) is 0 Å². The fourth-order valence-electron chi connectivity index (χ4n) is 3.60. The molecule has 2 fully saturated rings. The van der Waals surface area contributed by atoms with Gasteiger partial charge < -0.3 is 15.3 Å². The van der Waals surface area contributed by atoms with Crippen molar-refractivity contribution < 1.29 is 19.5 Å². The lowest BCUT2D eigenvalue weighted by molar-refractivity contribution is -0.136. The van der Waals surface area contributed by atoms with E-state index < -0.39 is 5.97 Å². The standard InChI is InChI=1S/C18H22N2O4/c21-16-10-13(11-20(16)15-3-1-2-4-15)18(24)19-14-7-5-12(6-8-14)9-17(22)23/h5-8,13,15H,1-4,9-11H2,(H,19,24)(H,22,23). The molecule has 2 aliphatic rings. The summed E-state index contributed by atoms with van der Waals surface area (Å²) in [6.45, 7) is 0.506. The zero-order valence-corrected chi connectivity index (χ0v) is 13.5. The quantitative estimate of drug-likeness (QED) is 0.865. The lowest BCUT2D eigenvalue weighted by Crippen LogP contribution is -2.35. The Hall–Kier alpha value is -2.37. The van der Waals surface area contributed by atoms with E-state index in [0.717, 1.165) is 25.7 Å². The van der Waals surface area contributed by atoms with Crippen LogP contribution >= 0.6 is 0 Å². The summed E-state index contributed by atoms with van der Waals surface area (Å²) >= 11 is 0. The molecule has 2 amide bonds. The van der Waals surface area contributed by atoms with Gasteiger partial charge in [0, 0.05) is 24.7 Å². The Balaban J connectivity index is 1.57. The second kappa shape index (κ2) is 7.03. The summed E-state index contributed by atoms with van der Waals surface area (Å²) in [5, 5.41) is 11.6. The number of carboxylic acid groups (broad SMARTS) is 1. The second-order valence-electron chi connectivity index (χ2n) is 6.64. The van der Waals surface area contributed by atoms with E-state index in [1.807, 2.05) is 4.90 Å². The van der Waals surface area contributed by atoms with Crippen LogP contribution in [0, 0.1) is 5.92 Å². The Bertz CT molecular complexity index is 635. The summed E-state index contributed by atoms with van der Waals surface area (Å²) in [6, 6.07) is 7.08. The number of carboxylic acids is 1. The number of hydrogen-bond donors (Lipinski definition) is 2. The van der Waals surface area contributed by atoms with E-state index >= 15 is 0 Å². The molecule has 1 aliphatic carbocycles. The maximum Gasteiger partial charge on any atom is 0.307 e. The topological polar surface area (TPSA) is 86.7 Å². The molecule has 128 valence electrons. The van der Waals surface area contributed by atoms with E-state index in [4.69, 9.17) is 5.11 Å². The molecular formula is C18H22N2O4. The van der Waals surface area contributed by atoms with Gasteiger partial charge >= 0.3 is 5.97 Å². The highest BCUT2D eigenvalue weighted by atomic mass is 16.4. The molecule has 0 aromatic heterocycles. The number of benzene rings is 1. The third kappa shape index (κ3) is 3.75. The Morgan fingerprint density at radius 3 is 2.46 bits per heavy atom. The van der Waals surface area contributed by atoms with Gasteiger partial charge in [-0.25, -0.2) is 0 Å². The summed E-state index contributed by atoms with van der Waals surface area (Å²) in [7, 11) is 0. The molecule has 24 heavy (non-hydrogen) atoms. The fraction of sp³-hybridized carbons (Fsp3) is 0.500. The van der Waals surface area contributed by atoms with Crippen LogP contribution < -0.4 is 5.32 Å². The molecule has 0 radical (unpaired) electrons. The second-order valence-corrected chi connectivity index (χ2v) is 6.64. The van der Waals surface area contributed by atoms with Gasteiger partial charge in [-0.15, -0.1) is 0 Å². The summed E-state index contributed by atoms with van der Waals surface area (Å²) in [5.41, 5.74) is 1.31. The van der Waals surface area contributed by atoms with E-state index in [-0.39, 0.29) is 30.6 Å². The van der Waals surface area contributed by atoms with Crippen LogP contribution in [0.4, 0.5) is 5.69 Å². The van der Waals surface area contributed by atoms with E-state index in [9.17, 15) is 14.4 Å². The van der Waals surface area contributed by atoms with Crippen LogP contribution in [-0.4, -0.2) is 40.4 Å². The minimum Gasteiger partial charge on any atom is -0.481 e. The first kappa shape index (κ1) is 16.5. The van der Waals surface area contributed by atoms with Gasteiger partial charge in [0.1, 0.15) is 0 Å². The first-order valence-corrected chi connectivity index (χ1v) is 8.44. The number of nitrogens with one attached hydrogen (secondary N) is 1. The number of hydrogen-bond acceptors (Lipinski definition) is 3. The molecule has 1 saturated heterocycles. The Kier molecular flexibility index (Phi) is 4.83. The zero-order chi connectivity index (χ0) is 17.1. The summed E-state index contributed by atoms with van der Waals surface area (Å²) < 4.78 is 0. The third-order valence-electron chi connectivity index (χ3n) is 4.87. The molecule has 1 aromatic rings. The van der Waals surface area contributed by atoms with Crippen LogP contribution in [0.5, 0.6) is 0 Å². The first-order valence-electron chi connectivity index (χ1n) is 8.44. The highest BCUT2D eigenvalue weighted by Crippen LogP contribution is 2.30. The summed E-state index contributed by atoms with van der Waals surface area (Å²) in [5.74, 6) is -1.26. The Morgan fingerprint density at radius 1 is 1.17 bits per heavy atom. The number of rotatable bonds is 5. The fourth-order valence-corrected chi connectivity index (χ4v) is 3.60. The van der Waals surface area contributed by atoms with Gasteiger partial charge in [-0.2, -0.15) is 0 Å². The third-order valence-corrected chi connectivity index (χ3v) is 4.87. The molecule has 6 nitrogen and oxygen atoms in total. The van der Waals surface area contributed by atoms with Crippen LogP contribution in [0.15, 0.2) is 24.3 Å². The monoisotopic (exact) mass is 330 g/mol. The van der Waals surface area contributed by atoms with Crippen LogP contribution in [0.3, 0.4) is 0 Å². The molecule has 1 heterocycles. The van der Waals surface area contributed by atoms with Crippen molar-refractivity contribution in [1.82, 2.24) is 4.90 Å². The van der Waals surface area contributed by atoms with Gasteiger partial charge in [-0.3, -0.25) is 14.4 Å². The molecule has 1 unspecified atom stereocenters. The molecular weight excluding hydrogens is 308 g/mol. The molecule has 0 spiro atoms. The predicted molar refractivity (Wildman–Crippen MR) is 88.5 cm³/mol. The van der Waals surface area contributed by atoms with E-state index in [1.165, 1.54) is 0 Å². The van der Waals surface area contributed by atoms with Crippen molar-refractivity contribution in [3.05, 3.63) is 29.8 Å². The number of carbonyl (C=O) groups is 3. The number of nitrogens with zero attached hydrogens (tertiary/aromatic N) is 1. The van der Waals surface area contributed by atoms with Gasteiger partial charge in [0.2, 0.25) is 11.8 Å². The van der Waals surface area contributed by atoms with Gasteiger partial charge in [0.05, 0.1) is 12.3 Å². The average Bonchev–Trinajstić information content (AvgIpc) is 3.17. The van der Waals surface area contributed by atoms with E-state index in [0.29, 0.717) is 23.8 Å². The highest BCUT2D eigenvalue weighted by Gasteiger charge is 2.38. The summed E-state index contributed by atoms with van der Waals surface area (Å²) in [4.78, 5) is 37.1. The largest absolute Gasteiger partial charge is 0.481 e. The molecule has 1 aliphatic heterocycles. The van der Waals surface area contributed by atoms with Crippen molar-refractivity contribution in [3.8, 4) is 0 Å². The Morgan fingerprint density at radius 2 is 1.83 bits per heavy atom. The molecule has 1 atom stereocenters.